The average Bonchev–Trinajstić information content (AvgIpc) is 2.94. The number of hydrogen-bond acceptors (Lipinski definition) is 3. The average molecular weight is 365 g/mol. The highest BCUT2D eigenvalue weighted by Gasteiger charge is 2.18. The lowest BCUT2D eigenvalue weighted by atomic mass is 10.2. The number of esters is 1. The molecule has 1 amide bonds. The van der Waals surface area contributed by atoms with E-state index in [-0.39, 0.29) is 12.5 Å². The number of amides is 1. The quantitative estimate of drug-likeness (QED) is 0.827. The summed E-state index contributed by atoms with van der Waals surface area (Å²) >= 11 is 3.24. The Balaban J connectivity index is 2.01. The largest absolute Gasteiger partial charge is 0.451 e. The number of benzene rings is 1. The van der Waals surface area contributed by atoms with Crippen molar-refractivity contribution in [2.24, 2.45) is 0 Å². The van der Waals surface area contributed by atoms with Crippen molar-refractivity contribution in [3.8, 4) is 0 Å². The zero-order valence-corrected chi connectivity index (χ0v) is 14.0. The Morgan fingerprint density at radius 2 is 2.05 bits per heavy atom. The number of anilines is 1. The first-order chi connectivity index (χ1) is 10.5. The first-order valence-electron chi connectivity index (χ1n) is 6.90. The van der Waals surface area contributed by atoms with E-state index in [1.54, 1.807) is 17.2 Å². The van der Waals surface area contributed by atoms with Gasteiger partial charge >= 0.3 is 5.97 Å². The number of aromatic amines is 1. The van der Waals surface area contributed by atoms with E-state index in [4.69, 9.17) is 4.74 Å². The van der Waals surface area contributed by atoms with Gasteiger partial charge in [0, 0.05) is 22.9 Å². The number of likely N-dealkylation sites (N-methyl/N-ethyl adjacent to an activating group) is 1. The second-order valence-corrected chi connectivity index (χ2v) is 5.65. The predicted octanol–water partition coefficient (Wildman–Crippen LogP) is 3.30. The summed E-state index contributed by atoms with van der Waals surface area (Å²) in [6.45, 7) is 4.04. The number of H-pyrrole nitrogens is 1. The summed E-state index contributed by atoms with van der Waals surface area (Å²) in [5.41, 5.74) is 2.13. The number of nitrogens with zero attached hydrogens (tertiary/aromatic N) is 1. The van der Waals surface area contributed by atoms with Gasteiger partial charge in [0.1, 0.15) is 5.69 Å². The number of carbonyl (C=O) groups excluding carboxylic acids is 2. The van der Waals surface area contributed by atoms with Crippen LogP contribution >= 0.6 is 15.9 Å². The minimum Gasteiger partial charge on any atom is -0.451 e. The first kappa shape index (κ1) is 16.3. The van der Waals surface area contributed by atoms with Crippen LogP contribution in [0.5, 0.6) is 0 Å². The van der Waals surface area contributed by atoms with E-state index in [0.29, 0.717) is 12.2 Å². The number of halogens is 1. The highest BCUT2D eigenvalue weighted by molar-refractivity contribution is 9.10. The fourth-order valence-corrected chi connectivity index (χ4v) is 2.46. The number of aromatic nitrogens is 1. The number of hydrogen-bond donors (Lipinski definition) is 1. The number of nitrogens with one attached hydrogen (secondary N) is 1. The minimum atomic E-state index is -0.556. The van der Waals surface area contributed by atoms with Crippen molar-refractivity contribution in [1.82, 2.24) is 4.98 Å². The normalized spacial score (nSPS) is 10.3. The van der Waals surface area contributed by atoms with Crippen LogP contribution in [0, 0.1) is 6.92 Å². The molecule has 0 bridgehead atoms. The lowest BCUT2D eigenvalue weighted by Crippen LogP contribution is -2.35. The van der Waals surface area contributed by atoms with Gasteiger partial charge in [0.2, 0.25) is 0 Å². The second-order valence-electron chi connectivity index (χ2n) is 4.73. The highest BCUT2D eigenvalue weighted by atomic mass is 79.9. The van der Waals surface area contributed by atoms with Crippen molar-refractivity contribution >= 4 is 33.5 Å². The summed E-state index contributed by atoms with van der Waals surface area (Å²) in [6, 6.07) is 9.21. The summed E-state index contributed by atoms with van der Waals surface area (Å²) in [5, 5.41) is 0. The molecule has 0 fully saturated rings. The van der Waals surface area contributed by atoms with Gasteiger partial charge in [-0.25, -0.2) is 4.79 Å². The summed E-state index contributed by atoms with van der Waals surface area (Å²) in [6.07, 6.45) is 1.63. The lowest BCUT2D eigenvalue weighted by molar-refractivity contribution is -0.121. The molecule has 1 aromatic heterocycles. The third kappa shape index (κ3) is 3.76. The molecule has 1 heterocycles. The van der Waals surface area contributed by atoms with E-state index in [9.17, 15) is 9.59 Å². The van der Waals surface area contributed by atoms with Crippen molar-refractivity contribution < 1.29 is 14.3 Å². The van der Waals surface area contributed by atoms with E-state index in [0.717, 1.165) is 15.7 Å². The van der Waals surface area contributed by atoms with Crippen molar-refractivity contribution in [3.05, 3.63) is 52.3 Å². The van der Waals surface area contributed by atoms with Gasteiger partial charge in [-0.15, -0.1) is 0 Å². The van der Waals surface area contributed by atoms with Gasteiger partial charge in [0.25, 0.3) is 5.91 Å². The number of aryl methyl sites for hydroxylation is 1. The van der Waals surface area contributed by atoms with Gasteiger partial charge in [-0.05, 0) is 47.5 Å². The molecular weight excluding hydrogens is 348 g/mol. The molecule has 5 nitrogen and oxygen atoms in total. The first-order valence-corrected chi connectivity index (χ1v) is 7.69. The molecule has 0 aliphatic rings. The van der Waals surface area contributed by atoms with Crippen LogP contribution in [-0.4, -0.2) is 30.0 Å². The Kier molecular flexibility index (Phi) is 5.38. The van der Waals surface area contributed by atoms with Gasteiger partial charge in [0.15, 0.2) is 6.61 Å². The molecule has 0 atom stereocenters. The Morgan fingerprint density at radius 3 is 2.64 bits per heavy atom. The lowest BCUT2D eigenvalue weighted by Gasteiger charge is -2.22. The van der Waals surface area contributed by atoms with E-state index in [2.05, 4.69) is 20.9 Å². The van der Waals surface area contributed by atoms with Crippen molar-refractivity contribution in [2.75, 3.05) is 18.1 Å². The van der Waals surface area contributed by atoms with Crippen LogP contribution in [0.25, 0.3) is 0 Å². The molecule has 0 aliphatic heterocycles. The van der Waals surface area contributed by atoms with Crippen LogP contribution in [-0.2, 0) is 9.53 Å². The number of rotatable bonds is 5. The Labute approximate surface area is 137 Å². The maximum atomic E-state index is 12.3. The fourth-order valence-electron chi connectivity index (χ4n) is 2.12. The van der Waals surface area contributed by atoms with E-state index >= 15 is 0 Å². The van der Waals surface area contributed by atoms with Crippen LogP contribution < -0.4 is 4.90 Å². The molecule has 0 spiro atoms. The van der Waals surface area contributed by atoms with E-state index < -0.39 is 5.97 Å². The molecule has 6 heteroatoms. The zero-order chi connectivity index (χ0) is 16.1. The third-order valence-electron chi connectivity index (χ3n) is 3.22. The van der Waals surface area contributed by atoms with Crippen LogP contribution in [0.1, 0.15) is 23.0 Å². The molecule has 2 rings (SSSR count). The van der Waals surface area contributed by atoms with Gasteiger partial charge < -0.3 is 14.6 Å². The SMILES string of the molecule is CCN(C(=O)COC(=O)c1cc(Br)c[nH]1)c1ccccc1C. The molecular formula is C16H17BrN2O3. The molecule has 1 aromatic carbocycles. The summed E-state index contributed by atoms with van der Waals surface area (Å²) in [5.74, 6) is -0.810. The van der Waals surface area contributed by atoms with Crippen molar-refractivity contribution in [1.29, 1.82) is 0 Å². The smallest absolute Gasteiger partial charge is 0.355 e. The molecule has 0 aliphatic carbocycles. The molecule has 0 saturated carbocycles. The molecule has 0 unspecified atom stereocenters. The molecule has 2 aromatic rings. The molecule has 116 valence electrons. The van der Waals surface area contributed by atoms with Gasteiger partial charge in [-0.3, -0.25) is 4.79 Å². The maximum absolute atomic E-state index is 12.3. The second kappa shape index (κ2) is 7.26. The van der Waals surface area contributed by atoms with E-state index in [1.165, 1.54) is 0 Å². The van der Waals surface area contributed by atoms with Crippen LogP contribution in [0.4, 0.5) is 5.69 Å². The van der Waals surface area contributed by atoms with Gasteiger partial charge in [0.05, 0.1) is 0 Å². The monoisotopic (exact) mass is 364 g/mol. The Bertz CT molecular complexity index is 682. The standard InChI is InChI=1S/C16H17BrN2O3/c1-3-19(14-7-5-4-6-11(14)2)15(20)10-22-16(21)13-8-12(17)9-18-13/h4-9,18H,3,10H2,1-2H3. The van der Waals surface area contributed by atoms with E-state index in [1.807, 2.05) is 38.1 Å². The van der Waals surface area contributed by atoms with Crippen molar-refractivity contribution in [2.45, 2.75) is 13.8 Å². The summed E-state index contributed by atoms with van der Waals surface area (Å²) in [4.78, 5) is 28.5. The van der Waals surface area contributed by atoms with Crippen LogP contribution in [0.15, 0.2) is 41.0 Å². The molecule has 0 saturated heterocycles. The van der Waals surface area contributed by atoms with Crippen LogP contribution in [0.3, 0.4) is 0 Å². The van der Waals surface area contributed by atoms with Gasteiger partial charge in [-0.2, -0.15) is 0 Å². The number of para-hydroxylation sites is 1. The summed E-state index contributed by atoms with van der Waals surface area (Å²) in [7, 11) is 0. The molecule has 1 N–H and O–H groups in total. The Hall–Kier alpha value is -2.08. The van der Waals surface area contributed by atoms with Crippen LogP contribution in [0.2, 0.25) is 0 Å². The van der Waals surface area contributed by atoms with Gasteiger partial charge in [-0.1, -0.05) is 18.2 Å². The topological polar surface area (TPSA) is 62.4 Å². The molecule has 22 heavy (non-hydrogen) atoms. The van der Waals surface area contributed by atoms with Crippen molar-refractivity contribution in [3.63, 3.8) is 0 Å². The summed E-state index contributed by atoms with van der Waals surface area (Å²) < 4.78 is 5.82. The highest BCUT2D eigenvalue weighted by Crippen LogP contribution is 2.19. The Morgan fingerprint density at radius 1 is 1.32 bits per heavy atom. The third-order valence-corrected chi connectivity index (χ3v) is 3.68. The zero-order valence-electron chi connectivity index (χ0n) is 12.4. The fraction of sp³-hybridized carbons (Fsp3) is 0.250. The predicted molar refractivity (Wildman–Crippen MR) is 88.0 cm³/mol. The molecule has 0 radical (unpaired) electrons. The number of carbonyl (C=O) groups is 2. The maximum Gasteiger partial charge on any atom is 0.355 e. The minimum absolute atomic E-state index is 0.254. The number of ether oxygens (including phenoxy) is 1.